The van der Waals surface area contributed by atoms with Crippen LogP contribution >= 0.6 is 0 Å². The van der Waals surface area contributed by atoms with E-state index in [1.807, 2.05) is 0 Å². The lowest BCUT2D eigenvalue weighted by Crippen LogP contribution is -2.42. The van der Waals surface area contributed by atoms with Gasteiger partial charge in [-0.05, 0) is 31.4 Å². The summed E-state index contributed by atoms with van der Waals surface area (Å²) in [5.41, 5.74) is 0. The number of hydrogen-bond acceptors (Lipinski definition) is 6. The van der Waals surface area contributed by atoms with Crippen LogP contribution in [-0.2, 0) is 29.4 Å². The molecule has 2 bridgehead atoms. The molecule has 1 saturated heterocycles. The molecule has 2 aliphatic heterocycles. The average molecular weight is 407 g/mol. The van der Waals surface area contributed by atoms with E-state index in [1.54, 1.807) is 22.5 Å². The van der Waals surface area contributed by atoms with E-state index in [0.29, 0.717) is 24.5 Å². The SMILES string of the molecule is CCCc1nnc2n1C[C@H]1CC[C@@H](C2)N1S(=O)(=O)c1ccc(OC)c(OC)c1. The molecular weight excluding hydrogens is 380 g/mol. The van der Waals surface area contributed by atoms with Crippen LogP contribution in [-0.4, -0.2) is 53.8 Å². The van der Waals surface area contributed by atoms with Crippen LogP contribution in [0.5, 0.6) is 11.5 Å². The lowest BCUT2D eigenvalue weighted by atomic mass is 10.1. The fourth-order valence-corrected chi connectivity index (χ4v) is 6.23. The second-order valence-corrected chi connectivity index (χ2v) is 9.18. The van der Waals surface area contributed by atoms with Crippen molar-refractivity contribution in [2.75, 3.05) is 14.2 Å². The Morgan fingerprint density at radius 1 is 1.11 bits per heavy atom. The van der Waals surface area contributed by atoms with Crippen LogP contribution < -0.4 is 9.47 Å². The van der Waals surface area contributed by atoms with Crippen molar-refractivity contribution in [2.24, 2.45) is 0 Å². The molecule has 2 aromatic rings. The van der Waals surface area contributed by atoms with Crippen LogP contribution in [0.1, 0.15) is 37.8 Å². The smallest absolute Gasteiger partial charge is 0.243 e. The molecule has 9 heteroatoms. The molecule has 0 N–H and O–H groups in total. The van der Waals surface area contributed by atoms with Crippen molar-refractivity contribution in [1.29, 1.82) is 0 Å². The molecule has 1 fully saturated rings. The topological polar surface area (TPSA) is 86.6 Å². The maximum atomic E-state index is 13.5. The molecule has 0 aliphatic carbocycles. The zero-order valence-electron chi connectivity index (χ0n) is 16.5. The van der Waals surface area contributed by atoms with Crippen molar-refractivity contribution < 1.29 is 17.9 Å². The summed E-state index contributed by atoms with van der Waals surface area (Å²) in [7, 11) is -0.626. The number of methoxy groups -OCH3 is 2. The van der Waals surface area contributed by atoms with E-state index in [2.05, 4.69) is 21.7 Å². The van der Waals surface area contributed by atoms with Crippen LogP contribution in [0.4, 0.5) is 0 Å². The third-order valence-corrected chi connectivity index (χ3v) is 7.67. The van der Waals surface area contributed by atoms with Crippen LogP contribution in [0.15, 0.2) is 23.1 Å². The first-order chi connectivity index (χ1) is 13.5. The number of sulfonamides is 1. The van der Waals surface area contributed by atoms with Crippen molar-refractivity contribution >= 4 is 10.0 Å². The summed E-state index contributed by atoms with van der Waals surface area (Å²) in [4.78, 5) is 0.230. The van der Waals surface area contributed by atoms with Crippen molar-refractivity contribution in [2.45, 2.75) is 62.6 Å². The van der Waals surface area contributed by atoms with Crippen molar-refractivity contribution in [1.82, 2.24) is 19.1 Å². The van der Waals surface area contributed by atoms with Gasteiger partial charge in [-0.3, -0.25) is 0 Å². The second kappa shape index (κ2) is 7.36. The maximum absolute atomic E-state index is 13.5. The Morgan fingerprint density at radius 3 is 2.57 bits per heavy atom. The van der Waals surface area contributed by atoms with Crippen molar-refractivity contribution in [3.8, 4) is 11.5 Å². The van der Waals surface area contributed by atoms with E-state index < -0.39 is 10.0 Å². The molecule has 152 valence electrons. The molecule has 0 unspecified atom stereocenters. The highest BCUT2D eigenvalue weighted by Gasteiger charge is 2.45. The predicted molar refractivity (Wildman–Crippen MR) is 103 cm³/mol. The number of fused-ring (bicyclic) bond motifs is 3. The number of aryl methyl sites for hydroxylation is 1. The Hall–Kier alpha value is -2.13. The van der Waals surface area contributed by atoms with E-state index in [4.69, 9.17) is 9.47 Å². The van der Waals surface area contributed by atoms with Crippen molar-refractivity contribution in [3.05, 3.63) is 29.8 Å². The minimum Gasteiger partial charge on any atom is -0.493 e. The first kappa shape index (κ1) is 19.2. The molecule has 3 heterocycles. The molecule has 0 spiro atoms. The van der Waals surface area contributed by atoms with Crippen LogP contribution in [0.25, 0.3) is 0 Å². The summed E-state index contributed by atoms with van der Waals surface area (Å²) < 4.78 is 41.4. The fourth-order valence-electron chi connectivity index (χ4n) is 4.36. The zero-order valence-corrected chi connectivity index (χ0v) is 17.3. The van der Waals surface area contributed by atoms with Gasteiger partial charge < -0.3 is 14.0 Å². The average Bonchev–Trinajstić information content (AvgIpc) is 3.20. The predicted octanol–water partition coefficient (Wildman–Crippen LogP) is 2.03. The largest absolute Gasteiger partial charge is 0.493 e. The van der Waals surface area contributed by atoms with E-state index in [1.165, 1.54) is 14.2 Å². The summed E-state index contributed by atoms with van der Waals surface area (Å²) in [5.74, 6) is 2.76. The fraction of sp³-hybridized carbons (Fsp3) is 0.579. The Bertz CT molecular complexity index is 972. The number of benzene rings is 1. The highest BCUT2D eigenvalue weighted by atomic mass is 32.2. The van der Waals surface area contributed by atoms with Crippen LogP contribution in [0.2, 0.25) is 0 Å². The van der Waals surface area contributed by atoms with E-state index in [9.17, 15) is 8.42 Å². The molecule has 0 saturated carbocycles. The second-order valence-electron chi connectivity index (χ2n) is 7.33. The number of rotatable bonds is 6. The Labute approximate surface area is 165 Å². The molecule has 0 radical (unpaired) electrons. The van der Waals surface area contributed by atoms with Gasteiger partial charge in [-0.15, -0.1) is 10.2 Å². The van der Waals surface area contributed by atoms with E-state index in [-0.39, 0.29) is 17.0 Å². The van der Waals surface area contributed by atoms with Crippen molar-refractivity contribution in [3.63, 3.8) is 0 Å². The number of nitrogens with zero attached hydrogens (tertiary/aromatic N) is 4. The van der Waals surface area contributed by atoms with Gasteiger partial charge >= 0.3 is 0 Å². The van der Waals surface area contributed by atoms with E-state index in [0.717, 1.165) is 37.3 Å². The summed E-state index contributed by atoms with van der Waals surface area (Å²) >= 11 is 0. The van der Waals surface area contributed by atoms with Gasteiger partial charge in [-0.25, -0.2) is 8.42 Å². The van der Waals surface area contributed by atoms with Gasteiger partial charge in [0.1, 0.15) is 11.6 Å². The van der Waals surface area contributed by atoms with Crippen LogP contribution in [0.3, 0.4) is 0 Å². The zero-order chi connectivity index (χ0) is 19.9. The summed E-state index contributed by atoms with van der Waals surface area (Å²) in [6, 6.07) is 4.59. The molecule has 8 nitrogen and oxygen atoms in total. The summed E-state index contributed by atoms with van der Waals surface area (Å²) in [6.45, 7) is 2.72. The van der Waals surface area contributed by atoms with Gasteiger partial charge in [-0.1, -0.05) is 6.92 Å². The summed E-state index contributed by atoms with van der Waals surface area (Å²) in [6.07, 6.45) is 4.12. The molecule has 1 aromatic heterocycles. The Morgan fingerprint density at radius 2 is 1.86 bits per heavy atom. The van der Waals surface area contributed by atoms with Gasteiger partial charge in [0.25, 0.3) is 0 Å². The van der Waals surface area contributed by atoms with Gasteiger partial charge in [-0.2, -0.15) is 4.31 Å². The third kappa shape index (κ3) is 3.06. The molecule has 4 rings (SSSR count). The number of aromatic nitrogens is 3. The molecular formula is C19H26N4O4S. The first-order valence-corrected chi connectivity index (χ1v) is 11.1. The van der Waals surface area contributed by atoms with Crippen LogP contribution in [0, 0.1) is 0 Å². The van der Waals surface area contributed by atoms with E-state index >= 15 is 0 Å². The summed E-state index contributed by atoms with van der Waals surface area (Å²) in [5, 5.41) is 8.68. The first-order valence-electron chi connectivity index (χ1n) is 9.66. The van der Waals surface area contributed by atoms with Gasteiger partial charge in [0, 0.05) is 37.5 Å². The quantitative estimate of drug-likeness (QED) is 0.730. The van der Waals surface area contributed by atoms with Gasteiger partial charge in [0.05, 0.1) is 19.1 Å². The molecule has 2 aliphatic rings. The monoisotopic (exact) mass is 406 g/mol. The standard InChI is InChI=1S/C19H26N4O4S/c1-4-5-18-20-21-19-10-13-6-7-14(12-22(18)19)23(13)28(24,25)15-8-9-16(26-2)17(11-15)27-3/h8-9,11,13-14H,4-7,10,12H2,1-3H3/t13-,14+/m0/s1. The minimum atomic E-state index is -3.66. The number of hydrogen-bond donors (Lipinski definition) is 0. The van der Waals surface area contributed by atoms with Gasteiger partial charge in [0.2, 0.25) is 10.0 Å². The maximum Gasteiger partial charge on any atom is 0.243 e. The minimum absolute atomic E-state index is 0.0871. The highest BCUT2D eigenvalue weighted by Crippen LogP contribution is 2.38. The molecule has 28 heavy (non-hydrogen) atoms. The number of ether oxygens (including phenoxy) is 2. The lowest BCUT2D eigenvalue weighted by Gasteiger charge is -2.27. The highest BCUT2D eigenvalue weighted by molar-refractivity contribution is 7.89. The Balaban J connectivity index is 1.70. The normalized spacial score (nSPS) is 22.0. The third-order valence-electron chi connectivity index (χ3n) is 5.67. The molecule has 0 amide bonds. The molecule has 2 atom stereocenters. The Kier molecular flexibility index (Phi) is 5.05. The van der Waals surface area contributed by atoms with Gasteiger partial charge in [0.15, 0.2) is 11.5 Å². The lowest BCUT2D eigenvalue weighted by molar-refractivity contribution is 0.313. The molecule has 1 aromatic carbocycles.